The molecule has 2 bridgehead atoms. The predicted molar refractivity (Wildman–Crippen MR) is 88.6 cm³/mol. The highest BCUT2D eigenvalue weighted by Gasteiger charge is 2.62. The van der Waals surface area contributed by atoms with Crippen molar-refractivity contribution in [3.05, 3.63) is 36.4 Å². The van der Waals surface area contributed by atoms with Crippen molar-refractivity contribution in [1.82, 2.24) is 0 Å². The van der Waals surface area contributed by atoms with E-state index < -0.39 is 17.8 Å². The number of ether oxygens (including phenoxy) is 1. The van der Waals surface area contributed by atoms with Crippen LogP contribution in [0.2, 0.25) is 0 Å². The molecule has 5 rings (SSSR count). The van der Waals surface area contributed by atoms with E-state index in [0.29, 0.717) is 24.1 Å². The minimum Gasteiger partial charge on any atom is -0.494 e. The fraction of sp³-hybridized carbons (Fsp3) is 0.474. The molecule has 2 N–H and O–H groups in total. The molecule has 0 saturated heterocycles. The second kappa shape index (κ2) is 5.65. The Morgan fingerprint density at radius 2 is 1.75 bits per heavy atom. The van der Waals surface area contributed by atoms with Gasteiger partial charge in [0.05, 0.1) is 18.4 Å². The first kappa shape index (κ1) is 15.2. The maximum Gasteiger partial charge on any atom is 0.307 e. The Kier molecular flexibility index (Phi) is 3.59. The van der Waals surface area contributed by atoms with E-state index in [2.05, 4.69) is 11.4 Å². The average molecular weight is 327 g/mol. The van der Waals surface area contributed by atoms with Crippen molar-refractivity contribution in [1.29, 1.82) is 0 Å². The highest BCUT2D eigenvalue weighted by molar-refractivity contribution is 5.96. The van der Waals surface area contributed by atoms with E-state index in [0.717, 1.165) is 12.2 Å². The molecule has 0 heterocycles. The number of carbonyl (C=O) groups excluding carboxylic acids is 1. The Morgan fingerprint density at radius 1 is 1.12 bits per heavy atom. The van der Waals surface area contributed by atoms with E-state index in [1.54, 1.807) is 24.3 Å². The molecule has 1 aromatic rings. The van der Waals surface area contributed by atoms with E-state index >= 15 is 0 Å². The van der Waals surface area contributed by atoms with Crippen LogP contribution in [0, 0.1) is 35.5 Å². The van der Waals surface area contributed by atoms with Gasteiger partial charge in [0.25, 0.3) is 0 Å². The lowest BCUT2D eigenvalue weighted by Gasteiger charge is -2.41. The molecule has 0 unspecified atom stereocenters. The highest BCUT2D eigenvalue weighted by atomic mass is 16.5. The molecule has 0 radical (unpaired) electrons. The third kappa shape index (κ3) is 2.39. The molecule has 0 spiro atoms. The van der Waals surface area contributed by atoms with Crippen molar-refractivity contribution in [2.45, 2.75) is 13.3 Å². The van der Waals surface area contributed by atoms with Gasteiger partial charge in [-0.1, -0.05) is 12.2 Å². The fourth-order valence-corrected chi connectivity index (χ4v) is 4.60. The number of benzene rings is 1. The molecule has 1 amide bonds. The second-order valence-electron chi connectivity index (χ2n) is 6.94. The number of anilines is 1. The predicted octanol–water partition coefficient (Wildman–Crippen LogP) is 2.79. The number of nitrogens with one attached hydrogen (secondary N) is 1. The molecule has 5 nitrogen and oxygen atoms in total. The minimum absolute atomic E-state index is 0.00794. The van der Waals surface area contributed by atoms with Gasteiger partial charge in [0.15, 0.2) is 0 Å². The number of aliphatic carboxylic acids is 1. The molecule has 0 aromatic heterocycles. The van der Waals surface area contributed by atoms with Gasteiger partial charge < -0.3 is 15.2 Å². The Bertz CT molecular complexity index is 696. The standard InChI is InChI=1S/C19H21NO4/c1-2-24-11-5-3-10(4-6-11)20-18(21)16-12-7-8-13(15-9-14(12)15)17(16)19(22)23/h3-8,12-17H,2,9H2,1H3,(H,20,21)(H,22,23)/t12-,13-,14-,15-,16+,17+/m1/s1. The molecule has 4 aliphatic rings. The molecule has 0 aliphatic heterocycles. The third-order valence-electron chi connectivity index (χ3n) is 5.67. The van der Waals surface area contributed by atoms with Gasteiger partial charge in [-0.2, -0.15) is 0 Å². The molecule has 1 aromatic carbocycles. The Labute approximate surface area is 140 Å². The van der Waals surface area contributed by atoms with Gasteiger partial charge in [-0.15, -0.1) is 0 Å². The molecule has 4 aliphatic carbocycles. The van der Waals surface area contributed by atoms with Crippen molar-refractivity contribution in [3.63, 3.8) is 0 Å². The Balaban J connectivity index is 1.53. The summed E-state index contributed by atoms with van der Waals surface area (Å²) in [6, 6.07) is 7.18. The van der Waals surface area contributed by atoms with Crippen LogP contribution in [0.1, 0.15) is 13.3 Å². The van der Waals surface area contributed by atoms with E-state index in [-0.39, 0.29) is 17.7 Å². The molecule has 5 heteroatoms. The largest absolute Gasteiger partial charge is 0.494 e. The third-order valence-corrected chi connectivity index (χ3v) is 5.67. The normalized spacial score (nSPS) is 35.2. The number of carboxylic acid groups (broad SMARTS) is 1. The van der Waals surface area contributed by atoms with E-state index in [1.165, 1.54) is 0 Å². The summed E-state index contributed by atoms with van der Waals surface area (Å²) in [6.07, 6.45) is 5.15. The summed E-state index contributed by atoms with van der Waals surface area (Å²) < 4.78 is 5.39. The zero-order valence-electron chi connectivity index (χ0n) is 13.5. The number of carboxylic acids is 1. The number of rotatable bonds is 5. The first-order valence-electron chi connectivity index (χ1n) is 8.55. The van der Waals surface area contributed by atoms with Crippen molar-refractivity contribution in [3.8, 4) is 5.75 Å². The van der Waals surface area contributed by atoms with Crippen molar-refractivity contribution >= 4 is 17.6 Å². The topological polar surface area (TPSA) is 75.6 Å². The minimum atomic E-state index is -0.855. The van der Waals surface area contributed by atoms with Gasteiger partial charge in [0, 0.05) is 5.69 Å². The summed E-state index contributed by atoms with van der Waals surface area (Å²) >= 11 is 0. The van der Waals surface area contributed by atoms with Crippen LogP contribution >= 0.6 is 0 Å². The number of hydrogen-bond acceptors (Lipinski definition) is 3. The first-order chi connectivity index (χ1) is 11.6. The van der Waals surface area contributed by atoms with Crippen LogP contribution in [0.25, 0.3) is 0 Å². The lowest BCUT2D eigenvalue weighted by Crippen LogP contribution is -2.48. The number of carbonyl (C=O) groups is 2. The van der Waals surface area contributed by atoms with Crippen LogP contribution in [0.15, 0.2) is 36.4 Å². The van der Waals surface area contributed by atoms with Crippen molar-refractivity contribution < 1.29 is 19.4 Å². The van der Waals surface area contributed by atoms with Gasteiger partial charge in [-0.3, -0.25) is 9.59 Å². The van der Waals surface area contributed by atoms with Gasteiger partial charge in [-0.25, -0.2) is 0 Å². The summed E-state index contributed by atoms with van der Waals surface area (Å²) in [5, 5.41) is 12.5. The molecule has 2 fully saturated rings. The zero-order chi connectivity index (χ0) is 16.8. The van der Waals surface area contributed by atoms with E-state index in [1.807, 2.05) is 13.0 Å². The molecule has 6 atom stereocenters. The monoisotopic (exact) mass is 327 g/mol. The zero-order valence-corrected chi connectivity index (χ0v) is 13.5. The smallest absolute Gasteiger partial charge is 0.307 e. The van der Waals surface area contributed by atoms with Crippen LogP contribution in [0.5, 0.6) is 5.75 Å². The molecular weight excluding hydrogens is 306 g/mol. The SMILES string of the molecule is CCOc1ccc(NC(=O)[C@H]2[C@@H]3C=C[C@H]([C@H]4C[C@H]34)[C@@H]2C(=O)O)cc1. The Hall–Kier alpha value is -2.30. The van der Waals surface area contributed by atoms with Crippen LogP contribution in [-0.4, -0.2) is 23.6 Å². The van der Waals surface area contributed by atoms with Gasteiger partial charge in [-0.05, 0) is 61.3 Å². The van der Waals surface area contributed by atoms with E-state index in [9.17, 15) is 14.7 Å². The van der Waals surface area contributed by atoms with Crippen LogP contribution in [-0.2, 0) is 9.59 Å². The quantitative estimate of drug-likeness (QED) is 0.816. The van der Waals surface area contributed by atoms with Crippen LogP contribution in [0.3, 0.4) is 0 Å². The van der Waals surface area contributed by atoms with E-state index in [4.69, 9.17) is 4.74 Å². The number of amides is 1. The van der Waals surface area contributed by atoms with Gasteiger partial charge in [0.2, 0.25) is 5.91 Å². The molecule has 126 valence electrons. The molecule has 24 heavy (non-hydrogen) atoms. The van der Waals surface area contributed by atoms with Crippen LogP contribution in [0.4, 0.5) is 5.69 Å². The number of hydrogen-bond donors (Lipinski definition) is 2. The summed E-state index contributed by atoms with van der Waals surface area (Å²) in [5.74, 6) is -0.346. The molecule has 2 saturated carbocycles. The van der Waals surface area contributed by atoms with Crippen molar-refractivity contribution in [2.24, 2.45) is 35.5 Å². The van der Waals surface area contributed by atoms with Gasteiger partial charge in [0.1, 0.15) is 5.75 Å². The highest BCUT2D eigenvalue weighted by Crippen LogP contribution is 2.63. The number of fused-ring (bicyclic) bond motifs is 1. The summed E-state index contributed by atoms with van der Waals surface area (Å²) in [6.45, 7) is 2.50. The van der Waals surface area contributed by atoms with Crippen LogP contribution < -0.4 is 10.1 Å². The maximum absolute atomic E-state index is 12.8. The summed E-state index contributed by atoms with van der Waals surface area (Å²) in [4.78, 5) is 24.6. The van der Waals surface area contributed by atoms with Gasteiger partial charge >= 0.3 is 5.97 Å². The lowest BCUT2D eigenvalue weighted by molar-refractivity contribution is -0.152. The first-order valence-corrected chi connectivity index (χ1v) is 8.55. The average Bonchev–Trinajstić information content (AvgIpc) is 3.38. The number of allylic oxidation sites excluding steroid dienone is 2. The lowest BCUT2D eigenvalue weighted by atomic mass is 9.62. The summed E-state index contributed by atoms with van der Waals surface area (Å²) in [7, 11) is 0. The Morgan fingerprint density at radius 3 is 2.33 bits per heavy atom. The fourth-order valence-electron chi connectivity index (χ4n) is 4.60. The molecular formula is C19H21NO4. The van der Waals surface area contributed by atoms with Crippen molar-refractivity contribution in [2.75, 3.05) is 11.9 Å². The second-order valence-corrected chi connectivity index (χ2v) is 6.94. The maximum atomic E-state index is 12.8. The summed E-state index contributed by atoms with van der Waals surface area (Å²) in [5.41, 5.74) is 0.672.